The highest BCUT2D eigenvalue weighted by Crippen LogP contribution is 2.25. The van der Waals surface area contributed by atoms with E-state index in [1.807, 2.05) is 12.1 Å². The third-order valence-electron chi connectivity index (χ3n) is 5.50. The molecule has 0 N–H and O–H groups in total. The zero-order valence-electron chi connectivity index (χ0n) is 14.7. The number of carbonyl (C=O) groups is 1. The number of non-ortho nitro benzene ring substituents is 1. The average Bonchev–Trinajstić information content (AvgIpc) is 2.67. The molecule has 1 amide bonds. The van der Waals surface area contributed by atoms with E-state index in [4.69, 9.17) is 0 Å². The summed E-state index contributed by atoms with van der Waals surface area (Å²) >= 11 is 0. The first-order chi connectivity index (χ1) is 12.1. The lowest BCUT2D eigenvalue weighted by Crippen LogP contribution is -2.50. The maximum absolute atomic E-state index is 12.6. The summed E-state index contributed by atoms with van der Waals surface area (Å²) in [7, 11) is 0. The fourth-order valence-electron chi connectivity index (χ4n) is 3.87. The maximum Gasteiger partial charge on any atom is 0.269 e. The molecule has 1 saturated heterocycles. The molecule has 0 spiro atoms. The van der Waals surface area contributed by atoms with Crippen molar-refractivity contribution in [3.63, 3.8) is 0 Å². The highest BCUT2D eigenvalue weighted by Gasteiger charge is 2.28. The van der Waals surface area contributed by atoms with Gasteiger partial charge in [-0.05, 0) is 24.8 Å². The van der Waals surface area contributed by atoms with Crippen LogP contribution in [0.3, 0.4) is 0 Å². The molecule has 1 aliphatic carbocycles. The first-order valence-corrected chi connectivity index (χ1v) is 9.38. The molecule has 3 rings (SSSR count). The van der Waals surface area contributed by atoms with Gasteiger partial charge in [-0.1, -0.05) is 31.4 Å². The minimum atomic E-state index is -0.369. The Kier molecular flexibility index (Phi) is 6.02. The summed E-state index contributed by atoms with van der Waals surface area (Å²) in [6.45, 7) is 4.44. The van der Waals surface area contributed by atoms with Crippen LogP contribution in [0.15, 0.2) is 24.3 Å². The van der Waals surface area contributed by atoms with E-state index in [0.29, 0.717) is 5.91 Å². The number of nitro groups is 1. The van der Waals surface area contributed by atoms with Crippen molar-refractivity contribution in [1.29, 1.82) is 0 Å². The van der Waals surface area contributed by atoms with Gasteiger partial charge in [0.1, 0.15) is 0 Å². The number of carbonyl (C=O) groups excluding carboxylic acids is 1. The topological polar surface area (TPSA) is 66.7 Å². The molecule has 2 aliphatic rings. The summed E-state index contributed by atoms with van der Waals surface area (Å²) in [6.07, 6.45) is 6.70. The van der Waals surface area contributed by atoms with Gasteiger partial charge in [-0.3, -0.25) is 19.8 Å². The van der Waals surface area contributed by atoms with Crippen LogP contribution in [0.25, 0.3) is 0 Å². The number of hydrogen-bond acceptors (Lipinski definition) is 4. The Morgan fingerprint density at radius 1 is 1.04 bits per heavy atom. The molecular weight excluding hydrogens is 318 g/mol. The van der Waals surface area contributed by atoms with Crippen LogP contribution in [0.5, 0.6) is 0 Å². The van der Waals surface area contributed by atoms with Gasteiger partial charge in [0.15, 0.2) is 0 Å². The highest BCUT2D eigenvalue weighted by atomic mass is 16.6. The molecule has 1 saturated carbocycles. The van der Waals surface area contributed by atoms with E-state index < -0.39 is 0 Å². The second-order valence-electron chi connectivity index (χ2n) is 7.18. The van der Waals surface area contributed by atoms with Crippen LogP contribution < -0.4 is 0 Å². The molecule has 0 aromatic heterocycles. The number of benzene rings is 1. The lowest BCUT2D eigenvalue weighted by molar-refractivity contribution is -0.384. The third-order valence-corrected chi connectivity index (χ3v) is 5.50. The Morgan fingerprint density at radius 2 is 1.68 bits per heavy atom. The first kappa shape index (κ1) is 17.9. The van der Waals surface area contributed by atoms with E-state index >= 15 is 0 Å². The summed E-state index contributed by atoms with van der Waals surface area (Å²) in [5.74, 6) is 0.634. The van der Waals surface area contributed by atoms with Crippen LogP contribution in [-0.4, -0.2) is 53.4 Å². The summed E-state index contributed by atoms with van der Waals surface area (Å²) in [5, 5.41) is 10.7. The van der Waals surface area contributed by atoms with E-state index in [2.05, 4.69) is 9.80 Å². The number of rotatable bonds is 5. The Hall–Kier alpha value is -1.95. The first-order valence-electron chi connectivity index (χ1n) is 9.38. The Morgan fingerprint density at radius 3 is 2.28 bits per heavy atom. The molecular formula is C19H27N3O3. The molecule has 2 fully saturated rings. The van der Waals surface area contributed by atoms with Crippen molar-refractivity contribution in [3.8, 4) is 0 Å². The van der Waals surface area contributed by atoms with Gasteiger partial charge in [0.25, 0.3) is 5.69 Å². The van der Waals surface area contributed by atoms with Crippen molar-refractivity contribution < 1.29 is 9.72 Å². The molecule has 0 atom stereocenters. The van der Waals surface area contributed by atoms with Crippen LogP contribution in [-0.2, 0) is 11.2 Å². The molecule has 1 aromatic rings. The van der Waals surface area contributed by atoms with Crippen molar-refractivity contribution in [3.05, 3.63) is 39.9 Å². The zero-order valence-corrected chi connectivity index (χ0v) is 14.7. The molecule has 136 valence electrons. The van der Waals surface area contributed by atoms with E-state index in [1.54, 1.807) is 12.1 Å². The Balaban J connectivity index is 1.41. The smallest absolute Gasteiger partial charge is 0.269 e. The molecule has 1 aromatic carbocycles. The SMILES string of the molecule is O=C(C1CCCCC1)N1CCN(CCc2ccc([N+](=O)[O-])cc2)CC1. The van der Waals surface area contributed by atoms with E-state index in [9.17, 15) is 14.9 Å². The average molecular weight is 345 g/mol. The molecule has 0 unspecified atom stereocenters. The molecule has 0 bridgehead atoms. The fraction of sp³-hybridized carbons (Fsp3) is 0.632. The largest absolute Gasteiger partial charge is 0.340 e. The van der Waals surface area contributed by atoms with Crippen LogP contribution in [0.2, 0.25) is 0 Å². The van der Waals surface area contributed by atoms with Crippen LogP contribution >= 0.6 is 0 Å². The Labute approximate surface area is 148 Å². The van der Waals surface area contributed by atoms with Gasteiger partial charge >= 0.3 is 0 Å². The molecule has 0 radical (unpaired) electrons. The van der Waals surface area contributed by atoms with Gasteiger partial charge in [-0.2, -0.15) is 0 Å². The van der Waals surface area contributed by atoms with Gasteiger partial charge in [-0.25, -0.2) is 0 Å². The van der Waals surface area contributed by atoms with Gasteiger partial charge < -0.3 is 4.90 Å². The van der Waals surface area contributed by atoms with Crippen molar-refractivity contribution in [1.82, 2.24) is 9.80 Å². The summed E-state index contributed by atoms with van der Waals surface area (Å²) < 4.78 is 0. The van der Waals surface area contributed by atoms with Gasteiger partial charge in [0.2, 0.25) is 5.91 Å². The van der Waals surface area contributed by atoms with Crippen LogP contribution in [0.1, 0.15) is 37.7 Å². The molecule has 1 aliphatic heterocycles. The van der Waals surface area contributed by atoms with Gasteiger partial charge in [-0.15, -0.1) is 0 Å². The summed E-state index contributed by atoms with van der Waals surface area (Å²) in [6, 6.07) is 6.80. The predicted molar refractivity (Wildman–Crippen MR) is 96.4 cm³/mol. The second kappa shape index (κ2) is 8.43. The minimum Gasteiger partial charge on any atom is -0.340 e. The van der Waals surface area contributed by atoms with Crippen molar-refractivity contribution in [2.75, 3.05) is 32.7 Å². The monoisotopic (exact) mass is 345 g/mol. The lowest BCUT2D eigenvalue weighted by atomic mass is 9.88. The third kappa shape index (κ3) is 4.78. The molecule has 25 heavy (non-hydrogen) atoms. The standard InChI is InChI=1S/C19H27N3O3/c23-19(17-4-2-1-3-5-17)21-14-12-20(13-15-21)11-10-16-6-8-18(9-7-16)22(24)25/h6-9,17H,1-5,10-15H2. The Bertz CT molecular complexity index is 588. The van der Waals surface area contributed by atoms with E-state index in [0.717, 1.165) is 57.5 Å². The number of nitrogens with zero attached hydrogens (tertiary/aromatic N) is 3. The number of amides is 1. The van der Waals surface area contributed by atoms with Crippen molar-refractivity contribution in [2.24, 2.45) is 5.92 Å². The quantitative estimate of drug-likeness (QED) is 0.608. The molecule has 1 heterocycles. The number of piperazine rings is 1. The van der Waals surface area contributed by atoms with Gasteiger partial charge in [0.05, 0.1) is 4.92 Å². The lowest BCUT2D eigenvalue weighted by Gasteiger charge is -2.37. The minimum absolute atomic E-state index is 0.138. The highest BCUT2D eigenvalue weighted by molar-refractivity contribution is 5.79. The summed E-state index contributed by atoms with van der Waals surface area (Å²) in [5.41, 5.74) is 1.25. The van der Waals surface area contributed by atoms with Crippen LogP contribution in [0, 0.1) is 16.0 Å². The van der Waals surface area contributed by atoms with E-state index in [-0.39, 0.29) is 16.5 Å². The summed E-state index contributed by atoms with van der Waals surface area (Å²) in [4.78, 5) is 27.3. The van der Waals surface area contributed by atoms with Crippen molar-refractivity contribution in [2.45, 2.75) is 38.5 Å². The van der Waals surface area contributed by atoms with Crippen LogP contribution in [0.4, 0.5) is 5.69 Å². The number of nitro benzene ring substituents is 1. The van der Waals surface area contributed by atoms with E-state index in [1.165, 1.54) is 19.3 Å². The predicted octanol–water partition coefficient (Wildman–Crippen LogP) is 2.86. The molecule has 6 heteroatoms. The second-order valence-corrected chi connectivity index (χ2v) is 7.18. The molecule has 6 nitrogen and oxygen atoms in total. The fourth-order valence-corrected chi connectivity index (χ4v) is 3.87. The normalized spacial score (nSPS) is 19.8. The maximum atomic E-state index is 12.6. The van der Waals surface area contributed by atoms with Crippen molar-refractivity contribution >= 4 is 11.6 Å². The zero-order chi connectivity index (χ0) is 17.6. The number of hydrogen-bond donors (Lipinski definition) is 0. The van der Waals surface area contributed by atoms with Gasteiger partial charge in [0, 0.05) is 50.8 Å².